The molecule has 4 nitrogen and oxygen atoms in total. The van der Waals surface area contributed by atoms with E-state index >= 15 is 0 Å². The average Bonchev–Trinajstić information content (AvgIpc) is 3.07. The molecule has 21 heavy (non-hydrogen) atoms. The standard InChI is InChI=1S/C15H17N3OS2/c1-3-16-10-13-14(17-15-18(13)8-9-21-15)19-11-4-6-12(20-2)7-5-11/h4-9,16H,3,10H2,1-2H3. The molecule has 0 radical (unpaired) electrons. The van der Waals surface area contributed by atoms with Crippen molar-refractivity contribution in [3.05, 3.63) is 41.5 Å². The minimum absolute atomic E-state index is 0.680. The van der Waals surface area contributed by atoms with Crippen molar-refractivity contribution in [2.75, 3.05) is 12.8 Å². The fourth-order valence-electron chi connectivity index (χ4n) is 2.05. The molecule has 0 bridgehead atoms. The van der Waals surface area contributed by atoms with Crippen LogP contribution in [0.4, 0.5) is 0 Å². The van der Waals surface area contributed by atoms with Gasteiger partial charge in [-0.1, -0.05) is 6.92 Å². The number of nitrogens with one attached hydrogen (secondary N) is 1. The van der Waals surface area contributed by atoms with Crippen LogP contribution in [-0.2, 0) is 6.54 Å². The maximum absolute atomic E-state index is 5.97. The van der Waals surface area contributed by atoms with Gasteiger partial charge in [-0.25, -0.2) is 0 Å². The molecule has 0 aliphatic heterocycles. The molecule has 1 aromatic carbocycles. The van der Waals surface area contributed by atoms with Gasteiger partial charge in [-0.3, -0.25) is 4.40 Å². The normalized spacial score (nSPS) is 11.1. The summed E-state index contributed by atoms with van der Waals surface area (Å²) in [6, 6.07) is 8.08. The van der Waals surface area contributed by atoms with Crippen molar-refractivity contribution in [2.45, 2.75) is 18.4 Å². The number of hydrogen-bond acceptors (Lipinski definition) is 5. The van der Waals surface area contributed by atoms with Crippen molar-refractivity contribution in [1.82, 2.24) is 14.7 Å². The van der Waals surface area contributed by atoms with Crippen LogP contribution in [0.15, 0.2) is 40.7 Å². The molecular formula is C15H17N3OS2. The first kappa shape index (κ1) is 14.4. The van der Waals surface area contributed by atoms with E-state index in [9.17, 15) is 0 Å². The van der Waals surface area contributed by atoms with Gasteiger partial charge in [0, 0.05) is 23.0 Å². The number of nitrogens with zero attached hydrogens (tertiary/aromatic N) is 2. The van der Waals surface area contributed by atoms with Crippen LogP contribution in [0.5, 0.6) is 11.6 Å². The van der Waals surface area contributed by atoms with E-state index in [-0.39, 0.29) is 0 Å². The molecule has 110 valence electrons. The van der Waals surface area contributed by atoms with Crippen LogP contribution in [-0.4, -0.2) is 22.2 Å². The van der Waals surface area contributed by atoms with Crippen molar-refractivity contribution in [3.63, 3.8) is 0 Å². The van der Waals surface area contributed by atoms with Crippen molar-refractivity contribution >= 4 is 28.1 Å². The maximum atomic E-state index is 5.97. The van der Waals surface area contributed by atoms with Gasteiger partial charge in [-0.2, -0.15) is 4.98 Å². The van der Waals surface area contributed by atoms with E-state index in [1.165, 1.54) is 4.90 Å². The molecule has 6 heteroatoms. The zero-order chi connectivity index (χ0) is 14.7. The Morgan fingerprint density at radius 3 is 2.86 bits per heavy atom. The van der Waals surface area contributed by atoms with Gasteiger partial charge in [0.05, 0.1) is 0 Å². The van der Waals surface area contributed by atoms with Crippen molar-refractivity contribution in [3.8, 4) is 11.6 Å². The number of fused-ring (bicyclic) bond motifs is 1. The summed E-state index contributed by atoms with van der Waals surface area (Å²) in [5.74, 6) is 1.50. The van der Waals surface area contributed by atoms with E-state index in [2.05, 4.69) is 40.0 Å². The molecule has 0 aliphatic rings. The monoisotopic (exact) mass is 319 g/mol. The number of rotatable bonds is 6. The van der Waals surface area contributed by atoms with Gasteiger partial charge in [0.1, 0.15) is 11.4 Å². The molecule has 0 aliphatic carbocycles. The van der Waals surface area contributed by atoms with Crippen LogP contribution < -0.4 is 10.1 Å². The van der Waals surface area contributed by atoms with Crippen molar-refractivity contribution in [2.24, 2.45) is 0 Å². The van der Waals surface area contributed by atoms with Crippen LogP contribution in [0.3, 0.4) is 0 Å². The molecule has 0 amide bonds. The Balaban J connectivity index is 1.89. The molecule has 0 atom stereocenters. The predicted octanol–water partition coefficient (Wildman–Crippen LogP) is 4.02. The zero-order valence-corrected chi connectivity index (χ0v) is 13.6. The van der Waals surface area contributed by atoms with Gasteiger partial charge < -0.3 is 10.1 Å². The van der Waals surface area contributed by atoms with Gasteiger partial charge in [0.15, 0.2) is 4.96 Å². The van der Waals surface area contributed by atoms with Gasteiger partial charge in [-0.05, 0) is 37.1 Å². The summed E-state index contributed by atoms with van der Waals surface area (Å²) in [7, 11) is 0. The number of benzene rings is 1. The second kappa shape index (κ2) is 6.51. The van der Waals surface area contributed by atoms with Crippen LogP contribution in [0.2, 0.25) is 0 Å². The lowest BCUT2D eigenvalue weighted by Crippen LogP contribution is -2.13. The third kappa shape index (κ3) is 3.07. The van der Waals surface area contributed by atoms with Gasteiger partial charge in [0.2, 0.25) is 5.88 Å². The number of thioether (sulfide) groups is 1. The number of thiazole rings is 1. The average molecular weight is 319 g/mol. The lowest BCUT2D eigenvalue weighted by molar-refractivity contribution is 0.455. The van der Waals surface area contributed by atoms with E-state index < -0.39 is 0 Å². The minimum Gasteiger partial charge on any atom is -0.437 e. The summed E-state index contributed by atoms with van der Waals surface area (Å²) < 4.78 is 8.06. The lowest BCUT2D eigenvalue weighted by atomic mass is 10.3. The number of aromatic nitrogens is 2. The summed E-state index contributed by atoms with van der Waals surface area (Å²) in [5.41, 5.74) is 1.06. The SMILES string of the molecule is CCNCc1c(Oc2ccc(SC)cc2)nc2sccn12. The predicted molar refractivity (Wildman–Crippen MR) is 88.7 cm³/mol. The molecule has 2 heterocycles. The summed E-state index contributed by atoms with van der Waals surface area (Å²) in [6.07, 6.45) is 4.09. The van der Waals surface area contributed by atoms with Crippen LogP contribution in [0.25, 0.3) is 4.96 Å². The molecule has 3 rings (SSSR count). The van der Waals surface area contributed by atoms with Crippen LogP contribution >= 0.6 is 23.1 Å². The molecule has 2 aromatic heterocycles. The highest BCUT2D eigenvalue weighted by atomic mass is 32.2. The number of imidazole rings is 1. The highest BCUT2D eigenvalue weighted by Gasteiger charge is 2.14. The molecule has 0 unspecified atom stereocenters. The number of ether oxygens (including phenoxy) is 1. The Hall–Kier alpha value is -1.50. The van der Waals surface area contributed by atoms with E-state index in [0.717, 1.165) is 29.5 Å². The molecular weight excluding hydrogens is 302 g/mol. The van der Waals surface area contributed by atoms with Gasteiger partial charge >= 0.3 is 0 Å². The highest BCUT2D eigenvalue weighted by molar-refractivity contribution is 7.98. The molecule has 0 spiro atoms. The van der Waals surface area contributed by atoms with E-state index in [1.54, 1.807) is 23.1 Å². The fraction of sp³-hybridized carbons (Fsp3) is 0.267. The highest BCUT2D eigenvalue weighted by Crippen LogP contribution is 2.29. The molecule has 1 N–H and O–H groups in total. The largest absolute Gasteiger partial charge is 0.437 e. The first-order valence-electron chi connectivity index (χ1n) is 6.79. The summed E-state index contributed by atoms with van der Waals surface area (Å²) >= 11 is 3.33. The Kier molecular flexibility index (Phi) is 4.48. The fourth-order valence-corrected chi connectivity index (χ4v) is 3.19. The van der Waals surface area contributed by atoms with Crippen molar-refractivity contribution < 1.29 is 4.74 Å². The quantitative estimate of drug-likeness (QED) is 0.697. The third-order valence-electron chi connectivity index (χ3n) is 3.14. The third-order valence-corrected chi connectivity index (χ3v) is 4.64. The second-order valence-corrected chi connectivity index (χ2v) is 6.23. The first-order chi connectivity index (χ1) is 10.3. The smallest absolute Gasteiger partial charge is 0.243 e. The zero-order valence-electron chi connectivity index (χ0n) is 12.0. The summed E-state index contributed by atoms with van der Waals surface area (Å²) in [6.45, 7) is 3.75. The van der Waals surface area contributed by atoms with E-state index in [0.29, 0.717) is 5.88 Å². The Labute approximate surface area is 132 Å². The number of hydrogen-bond donors (Lipinski definition) is 1. The topological polar surface area (TPSA) is 38.6 Å². The van der Waals surface area contributed by atoms with E-state index in [1.807, 2.05) is 23.7 Å². The molecule has 0 saturated heterocycles. The first-order valence-corrected chi connectivity index (χ1v) is 8.89. The minimum atomic E-state index is 0.680. The van der Waals surface area contributed by atoms with Crippen LogP contribution in [0, 0.1) is 0 Å². The Morgan fingerprint density at radius 2 is 2.14 bits per heavy atom. The molecule has 0 fully saturated rings. The van der Waals surface area contributed by atoms with Crippen LogP contribution in [0.1, 0.15) is 12.6 Å². The second-order valence-electron chi connectivity index (χ2n) is 4.48. The van der Waals surface area contributed by atoms with Crippen molar-refractivity contribution in [1.29, 1.82) is 0 Å². The molecule has 3 aromatic rings. The van der Waals surface area contributed by atoms with Gasteiger partial charge in [-0.15, -0.1) is 23.1 Å². The molecule has 0 saturated carbocycles. The summed E-state index contributed by atoms with van der Waals surface area (Å²) in [5, 5.41) is 5.37. The summed E-state index contributed by atoms with van der Waals surface area (Å²) in [4.78, 5) is 6.76. The maximum Gasteiger partial charge on any atom is 0.243 e. The van der Waals surface area contributed by atoms with E-state index in [4.69, 9.17) is 4.74 Å². The lowest BCUT2D eigenvalue weighted by Gasteiger charge is -2.07. The Morgan fingerprint density at radius 1 is 1.33 bits per heavy atom. The van der Waals surface area contributed by atoms with Gasteiger partial charge in [0.25, 0.3) is 0 Å². The Bertz CT molecular complexity index is 718.